The summed E-state index contributed by atoms with van der Waals surface area (Å²) in [5.74, 6) is 0.571. The number of aliphatic hydroxyl groups excluding tert-OH is 1. The molecular formula is C8H14ClNO. The van der Waals surface area contributed by atoms with E-state index in [4.69, 9.17) is 11.6 Å². The van der Waals surface area contributed by atoms with Crippen molar-refractivity contribution < 1.29 is 5.11 Å². The Hall–Kier alpha value is 0.210. The van der Waals surface area contributed by atoms with E-state index in [0.29, 0.717) is 11.9 Å². The monoisotopic (exact) mass is 175 g/mol. The molecule has 0 aliphatic carbocycles. The molecule has 2 saturated heterocycles. The lowest BCUT2D eigenvalue weighted by Crippen LogP contribution is -2.47. The Bertz CT molecular complexity index is 175. The fourth-order valence-corrected chi connectivity index (χ4v) is 3.06. The van der Waals surface area contributed by atoms with Gasteiger partial charge in [0, 0.05) is 11.9 Å². The van der Waals surface area contributed by atoms with Gasteiger partial charge in [0.05, 0.1) is 11.6 Å². The van der Waals surface area contributed by atoms with Crippen LogP contribution in [0.4, 0.5) is 0 Å². The van der Waals surface area contributed by atoms with E-state index in [9.17, 15) is 5.11 Å². The van der Waals surface area contributed by atoms with E-state index in [-0.39, 0.29) is 11.6 Å². The largest absolute Gasteiger partial charge is 0.391 e. The molecule has 0 amide bonds. The molecular weight excluding hydrogens is 162 g/mol. The lowest BCUT2D eigenvalue weighted by molar-refractivity contribution is 0.0639. The zero-order valence-electron chi connectivity index (χ0n) is 6.76. The summed E-state index contributed by atoms with van der Waals surface area (Å²) in [4.78, 5) is 2.27. The molecule has 2 aliphatic rings. The van der Waals surface area contributed by atoms with Crippen LogP contribution in [0.1, 0.15) is 19.3 Å². The zero-order valence-corrected chi connectivity index (χ0v) is 7.51. The van der Waals surface area contributed by atoms with Gasteiger partial charge in [-0.1, -0.05) is 0 Å². The summed E-state index contributed by atoms with van der Waals surface area (Å²) in [6.07, 6.45) is 3.01. The maximum Gasteiger partial charge on any atom is 0.0750 e. The lowest BCUT2D eigenvalue weighted by atomic mass is 9.87. The molecule has 2 rings (SSSR count). The van der Waals surface area contributed by atoms with Gasteiger partial charge in [0.1, 0.15) is 0 Å². The molecule has 0 aromatic heterocycles. The Morgan fingerprint density at radius 1 is 1.73 bits per heavy atom. The predicted molar refractivity (Wildman–Crippen MR) is 44.9 cm³/mol. The molecule has 2 bridgehead atoms. The van der Waals surface area contributed by atoms with Gasteiger partial charge in [-0.2, -0.15) is 0 Å². The predicted octanol–water partition coefficient (Wildman–Crippen LogP) is 0.823. The van der Waals surface area contributed by atoms with E-state index in [1.54, 1.807) is 0 Å². The SMILES string of the molecule is CN1[C@H]2CC[C@]1(CCl)[C@H](O)C2. The number of rotatable bonds is 1. The van der Waals surface area contributed by atoms with E-state index in [1.165, 1.54) is 6.42 Å². The summed E-state index contributed by atoms with van der Waals surface area (Å²) in [6, 6.07) is 0.587. The van der Waals surface area contributed by atoms with Crippen LogP contribution in [0.3, 0.4) is 0 Å². The molecule has 2 heterocycles. The maximum atomic E-state index is 9.71. The molecule has 64 valence electrons. The van der Waals surface area contributed by atoms with Crippen LogP contribution in [-0.2, 0) is 0 Å². The second-order valence-electron chi connectivity index (χ2n) is 3.79. The Morgan fingerprint density at radius 3 is 2.73 bits per heavy atom. The second kappa shape index (κ2) is 2.35. The maximum absolute atomic E-state index is 9.71. The summed E-state index contributed by atoms with van der Waals surface area (Å²) in [6.45, 7) is 0. The first-order valence-corrected chi connectivity index (χ1v) is 4.71. The number of hydrogen-bond acceptors (Lipinski definition) is 2. The standard InChI is InChI=1S/C8H14ClNO/c1-10-6-2-3-8(10,5-9)7(11)4-6/h6-7,11H,2-5H2,1H3/t6-,7+,8-/m0/s1. The van der Waals surface area contributed by atoms with E-state index in [2.05, 4.69) is 11.9 Å². The zero-order chi connectivity index (χ0) is 8.06. The van der Waals surface area contributed by atoms with E-state index < -0.39 is 0 Å². The minimum atomic E-state index is -0.191. The molecule has 3 atom stereocenters. The first-order valence-electron chi connectivity index (χ1n) is 4.18. The van der Waals surface area contributed by atoms with E-state index in [0.717, 1.165) is 12.8 Å². The van der Waals surface area contributed by atoms with Crippen molar-refractivity contribution >= 4 is 11.6 Å². The number of nitrogens with zero attached hydrogens (tertiary/aromatic N) is 1. The minimum Gasteiger partial charge on any atom is -0.391 e. The van der Waals surface area contributed by atoms with Crippen molar-refractivity contribution in [1.82, 2.24) is 4.90 Å². The highest BCUT2D eigenvalue weighted by atomic mass is 35.5. The van der Waals surface area contributed by atoms with Crippen LogP contribution < -0.4 is 0 Å². The molecule has 2 nitrogen and oxygen atoms in total. The van der Waals surface area contributed by atoms with Crippen molar-refractivity contribution in [2.75, 3.05) is 12.9 Å². The Morgan fingerprint density at radius 2 is 2.45 bits per heavy atom. The highest BCUT2D eigenvalue weighted by Gasteiger charge is 2.55. The summed E-state index contributed by atoms with van der Waals surface area (Å²) in [5.41, 5.74) is -0.0772. The van der Waals surface area contributed by atoms with E-state index in [1.807, 2.05) is 0 Å². The van der Waals surface area contributed by atoms with E-state index >= 15 is 0 Å². The van der Waals surface area contributed by atoms with Gasteiger partial charge in [-0.25, -0.2) is 0 Å². The molecule has 1 N–H and O–H groups in total. The van der Waals surface area contributed by atoms with Gasteiger partial charge in [-0.05, 0) is 26.3 Å². The van der Waals surface area contributed by atoms with Gasteiger partial charge < -0.3 is 5.11 Å². The molecule has 3 heteroatoms. The van der Waals surface area contributed by atoms with Crippen molar-refractivity contribution in [1.29, 1.82) is 0 Å². The molecule has 0 saturated carbocycles. The molecule has 11 heavy (non-hydrogen) atoms. The number of hydrogen-bond donors (Lipinski definition) is 1. The summed E-state index contributed by atoms with van der Waals surface area (Å²) in [7, 11) is 2.08. The van der Waals surface area contributed by atoms with Crippen LogP contribution in [0, 0.1) is 0 Å². The van der Waals surface area contributed by atoms with Crippen molar-refractivity contribution in [2.45, 2.75) is 36.9 Å². The van der Waals surface area contributed by atoms with Crippen molar-refractivity contribution in [3.05, 3.63) is 0 Å². The average Bonchev–Trinajstić information content (AvgIpc) is 2.42. The fraction of sp³-hybridized carbons (Fsp3) is 1.00. The average molecular weight is 176 g/mol. The molecule has 0 aromatic carbocycles. The number of halogens is 1. The highest BCUT2D eigenvalue weighted by molar-refractivity contribution is 6.18. The molecule has 0 spiro atoms. The molecule has 0 aromatic rings. The Kier molecular flexibility index (Phi) is 1.67. The topological polar surface area (TPSA) is 23.5 Å². The molecule has 2 fully saturated rings. The van der Waals surface area contributed by atoms with Crippen LogP contribution in [0.5, 0.6) is 0 Å². The molecule has 2 aliphatic heterocycles. The van der Waals surface area contributed by atoms with Crippen molar-refractivity contribution in [2.24, 2.45) is 0 Å². The third-order valence-corrected chi connectivity index (χ3v) is 3.97. The van der Waals surface area contributed by atoms with Crippen LogP contribution in [-0.4, -0.2) is 40.6 Å². The number of alkyl halides is 1. The third-order valence-electron chi connectivity index (χ3n) is 3.51. The second-order valence-corrected chi connectivity index (χ2v) is 4.06. The normalized spacial score (nSPS) is 50.5. The van der Waals surface area contributed by atoms with Gasteiger partial charge in [-0.3, -0.25) is 4.90 Å². The minimum absolute atomic E-state index is 0.0772. The lowest BCUT2D eigenvalue weighted by Gasteiger charge is -2.33. The van der Waals surface area contributed by atoms with Crippen molar-refractivity contribution in [3.63, 3.8) is 0 Å². The summed E-state index contributed by atoms with van der Waals surface area (Å²) >= 11 is 5.88. The van der Waals surface area contributed by atoms with Crippen LogP contribution in [0.2, 0.25) is 0 Å². The molecule has 0 radical (unpaired) electrons. The Labute approximate surface area is 72.1 Å². The van der Waals surface area contributed by atoms with Crippen LogP contribution in [0.25, 0.3) is 0 Å². The van der Waals surface area contributed by atoms with Gasteiger partial charge in [0.25, 0.3) is 0 Å². The van der Waals surface area contributed by atoms with Gasteiger partial charge in [0.15, 0.2) is 0 Å². The first-order chi connectivity index (χ1) is 5.20. The number of likely N-dealkylation sites (N-methyl/N-ethyl adjacent to an activating group) is 1. The molecule has 0 unspecified atom stereocenters. The number of fused-ring (bicyclic) bond motifs is 2. The highest BCUT2D eigenvalue weighted by Crippen LogP contribution is 2.45. The quantitative estimate of drug-likeness (QED) is 0.597. The Balaban J connectivity index is 2.28. The van der Waals surface area contributed by atoms with Gasteiger partial charge in [-0.15, -0.1) is 11.6 Å². The van der Waals surface area contributed by atoms with Gasteiger partial charge >= 0.3 is 0 Å². The van der Waals surface area contributed by atoms with Gasteiger partial charge in [0.2, 0.25) is 0 Å². The summed E-state index contributed by atoms with van der Waals surface area (Å²) in [5, 5.41) is 9.71. The van der Waals surface area contributed by atoms with Crippen molar-refractivity contribution in [3.8, 4) is 0 Å². The fourth-order valence-electron chi connectivity index (χ4n) is 2.56. The smallest absolute Gasteiger partial charge is 0.0750 e. The summed E-state index contributed by atoms with van der Waals surface area (Å²) < 4.78 is 0. The van der Waals surface area contributed by atoms with Crippen LogP contribution >= 0.6 is 11.6 Å². The third kappa shape index (κ3) is 0.807. The first kappa shape index (κ1) is 7.84. The van der Waals surface area contributed by atoms with Crippen LogP contribution in [0.15, 0.2) is 0 Å². The number of aliphatic hydroxyl groups is 1.